The molecular formula is C17H20N2O. The lowest BCUT2D eigenvalue weighted by molar-refractivity contribution is 0.355. The molecule has 2 aromatic rings. The fraction of sp³-hybridized carbons (Fsp3) is 0.353. The van der Waals surface area contributed by atoms with Gasteiger partial charge in [-0.15, -0.1) is 0 Å². The van der Waals surface area contributed by atoms with Crippen molar-refractivity contribution < 1.29 is 4.42 Å². The Kier molecular flexibility index (Phi) is 3.59. The van der Waals surface area contributed by atoms with Gasteiger partial charge in [-0.3, -0.25) is 5.41 Å². The van der Waals surface area contributed by atoms with Gasteiger partial charge < -0.3 is 9.32 Å². The van der Waals surface area contributed by atoms with E-state index >= 15 is 0 Å². The number of furan rings is 1. The molecule has 0 bridgehead atoms. The van der Waals surface area contributed by atoms with Crippen molar-refractivity contribution in [2.24, 2.45) is 5.92 Å². The molecule has 3 rings (SSSR count). The van der Waals surface area contributed by atoms with Gasteiger partial charge in [-0.1, -0.05) is 18.2 Å². The van der Waals surface area contributed by atoms with Crippen LogP contribution in [0.1, 0.15) is 17.5 Å². The minimum Gasteiger partial charge on any atom is -0.464 e. The van der Waals surface area contributed by atoms with Crippen LogP contribution in [0.5, 0.6) is 0 Å². The van der Waals surface area contributed by atoms with Gasteiger partial charge in [-0.05, 0) is 48.4 Å². The quantitative estimate of drug-likeness (QED) is 0.680. The van der Waals surface area contributed by atoms with Crippen LogP contribution >= 0.6 is 0 Å². The first-order valence-electron chi connectivity index (χ1n) is 7.13. The van der Waals surface area contributed by atoms with Crippen molar-refractivity contribution in [1.82, 2.24) is 4.90 Å². The van der Waals surface area contributed by atoms with Crippen molar-refractivity contribution in [3.05, 3.63) is 47.7 Å². The maximum Gasteiger partial charge on any atom is 0.134 e. The maximum atomic E-state index is 7.29. The Morgan fingerprint density at radius 2 is 2.25 bits per heavy atom. The van der Waals surface area contributed by atoms with E-state index < -0.39 is 0 Å². The van der Waals surface area contributed by atoms with Gasteiger partial charge in [0.2, 0.25) is 0 Å². The zero-order valence-electron chi connectivity index (χ0n) is 11.8. The second kappa shape index (κ2) is 5.53. The molecule has 3 heteroatoms. The van der Waals surface area contributed by atoms with E-state index in [2.05, 4.69) is 18.2 Å². The number of rotatable bonds is 4. The summed E-state index contributed by atoms with van der Waals surface area (Å²) in [6.45, 7) is 0.966. The molecule has 1 aliphatic carbocycles. The second-order valence-corrected chi connectivity index (χ2v) is 5.60. The Balaban J connectivity index is 1.85. The van der Waals surface area contributed by atoms with E-state index in [0.29, 0.717) is 5.92 Å². The summed E-state index contributed by atoms with van der Waals surface area (Å²) >= 11 is 0. The molecule has 0 radical (unpaired) electrons. The van der Waals surface area contributed by atoms with Crippen LogP contribution in [0.3, 0.4) is 0 Å². The van der Waals surface area contributed by atoms with Crippen LogP contribution in [0.25, 0.3) is 11.3 Å². The molecule has 0 spiro atoms. The standard InChI is InChI=1S/C17H20N2O/c1-19(12-18)11-13-7-8-15-14(10-13)4-2-5-16(15)17-6-3-9-20-17/h2-6,9,12-13,18H,7-8,10-11H2,1H3. The molecule has 1 aliphatic rings. The smallest absolute Gasteiger partial charge is 0.134 e. The van der Waals surface area contributed by atoms with Gasteiger partial charge in [0.05, 0.1) is 12.6 Å². The predicted molar refractivity (Wildman–Crippen MR) is 81.1 cm³/mol. The first kappa shape index (κ1) is 13.0. The molecule has 0 fully saturated rings. The van der Waals surface area contributed by atoms with Gasteiger partial charge >= 0.3 is 0 Å². The molecule has 1 heterocycles. The van der Waals surface area contributed by atoms with Crippen LogP contribution < -0.4 is 0 Å². The summed E-state index contributed by atoms with van der Waals surface area (Å²) in [5, 5.41) is 7.29. The Hall–Kier alpha value is -2.03. The van der Waals surface area contributed by atoms with Crippen molar-refractivity contribution >= 4 is 6.34 Å². The average Bonchev–Trinajstić information content (AvgIpc) is 3.00. The first-order valence-corrected chi connectivity index (χ1v) is 7.13. The van der Waals surface area contributed by atoms with Crippen LogP contribution in [-0.2, 0) is 12.8 Å². The van der Waals surface area contributed by atoms with E-state index in [1.54, 1.807) is 6.26 Å². The Labute approximate surface area is 119 Å². The molecule has 1 atom stereocenters. The first-order chi connectivity index (χ1) is 9.78. The third-order valence-corrected chi connectivity index (χ3v) is 4.14. The summed E-state index contributed by atoms with van der Waals surface area (Å²) in [5.74, 6) is 1.61. The molecule has 0 amide bonds. The van der Waals surface area contributed by atoms with E-state index in [-0.39, 0.29) is 0 Å². The lowest BCUT2D eigenvalue weighted by atomic mass is 9.81. The van der Waals surface area contributed by atoms with E-state index in [9.17, 15) is 0 Å². The van der Waals surface area contributed by atoms with Crippen molar-refractivity contribution in [2.45, 2.75) is 19.3 Å². The number of hydrogen-bond donors (Lipinski definition) is 1. The van der Waals surface area contributed by atoms with Crippen molar-refractivity contribution in [3.63, 3.8) is 0 Å². The average molecular weight is 268 g/mol. The maximum absolute atomic E-state index is 7.29. The number of benzene rings is 1. The number of fused-ring (bicyclic) bond motifs is 1. The lowest BCUT2D eigenvalue weighted by Gasteiger charge is -2.28. The van der Waals surface area contributed by atoms with Crippen LogP contribution in [0, 0.1) is 11.3 Å². The number of nitrogens with zero attached hydrogens (tertiary/aromatic N) is 1. The van der Waals surface area contributed by atoms with E-state index in [0.717, 1.165) is 25.1 Å². The third-order valence-electron chi connectivity index (χ3n) is 4.14. The predicted octanol–water partition coefficient (Wildman–Crippen LogP) is 3.59. The highest BCUT2D eigenvalue weighted by Crippen LogP contribution is 2.33. The van der Waals surface area contributed by atoms with Gasteiger partial charge in [0.1, 0.15) is 5.76 Å². The highest BCUT2D eigenvalue weighted by atomic mass is 16.3. The Morgan fingerprint density at radius 1 is 1.35 bits per heavy atom. The minimum atomic E-state index is 0.640. The van der Waals surface area contributed by atoms with Crippen molar-refractivity contribution in [1.29, 1.82) is 5.41 Å². The summed E-state index contributed by atoms with van der Waals surface area (Å²) in [5.41, 5.74) is 4.12. The molecule has 1 aromatic carbocycles. The summed E-state index contributed by atoms with van der Waals surface area (Å²) < 4.78 is 5.56. The normalized spacial score (nSPS) is 17.6. The minimum absolute atomic E-state index is 0.640. The largest absolute Gasteiger partial charge is 0.464 e. The molecule has 0 saturated heterocycles. The number of hydrogen-bond acceptors (Lipinski definition) is 2. The SMILES string of the molecule is CN(C=N)CC1CCc2c(cccc2-c2ccco2)C1. The van der Waals surface area contributed by atoms with Crippen LogP contribution in [-0.4, -0.2) is 24.8 Å². The van der Waals surface area contributed by atoms with Gasteiger partial charge in [0.25, 0.3) is 0 Å². The Morgan fingerprint density at radius 3 is 3.00 bits per heavy atom. The summed E-state index contributed by atoms with van der Waals surface area (Å²) in [4.78, 5) is 1.96. The van der Waals surface area contributed by atoms with Gasteiger partial charge in [0, 0.05) is 19.2 Å². The third kappa shape index (κ3) is 2.48. The van der Waals surface area contributed by atoms with Crippen molar-refractivity contribution in [2.75, 3.05) is 13.6 Å². The summed E-state index contributed by atoms with van der Waals surface area (Å²) in [6.07, 6.45) is 6.53. The monoisotopic (exact) mass is 268 g/mol. The van der Waals surface area contributed by atoms with Crippen LogP contribution in [0.15, 0.2) is 41.0 Å². The topological polar surface area (TPSA) is 40.2 Å². The second-order valence-electron chi connectivity index (χ2n) is 5.60. The zero-order chi connectivity index (χ0) is 13.9. The van der Waals surface area contributed by atoms with Crippen LogP contribution in [0.2, 0.25) is 0 Å². The fourth-order valence-electron chi connectivity index (χ4n) is 3.16. The molecule has 0 saturated carbocycles. The summed E-state index contributed by atoms with van der Waals surface area (Å²) in [6, 6.07) is 10.5. The summed E-state index contributed by atoms with van der Waals surface area (Å²) in [7, 11) is 1.97. The van der Waals surface area contributed by atoms with Gasteiger partial charge in [-0.2, -0.15) is 0 Å². The highest BCUT2D eigenvalue weighted by Gasteiger charge is 2.22. The Bertz CT molecular complexity index is 589. The lowest BCUT2D eigenvalue weighted by Crippen LogP contribution is -2.28. The van der Waals surface area contributed by atoms with Gasteiger partial charge in [0.15, 0.2) is 0 Å². The highest BCUT2D eigenvalue weighted by molar-refractivity contribution is 5.64. The van der Waals surface area contributed by atoms with E-state index in [4.69, 9.17) is 9.83 Å². The van der Waals surface area contributed by atoms with Crippen LogP contribution in [0.4, 0.5) is 0 Å². The molecule has 20 heavy (non-hydrogen) atoms. The molecule has 1 N–H and O–H groups in total. The molecule has 104 valence electrons. The van der Waals surface area contributed by atoms with E-state index in [1.807, 2.05) is 24.1 Å². The van der Waals surface area contributed by atoms with E-state index in [1.165, 1.54) is 29.4 Å². The van der Waals surface area contributed by atoms with Gasteiger partial charge in [-0.25, -0.2) is 0 Å². The zero-order valence-corrected chi connectivity index (χ0v) is 11.8. The van der Waals surface area contributed by atoms with Crippen molar-refractivity contribution in [3.8, 4) is 11.3 Å². The molecule has 0 aliphatic heterocycles. The molecule has 1 unspecified atom stereocenters. The molecule has 1 aromatic heterocycles. The molecule has 3 nitrogen and oxygen atoms in total. The number of nitrogens with one attached hydrogen (secondary N) is 1. The molecular weight excluding hydrogens is 248 g/mol. The fourth-order valence-corrected chi connectivity index (χ4v) is 3.16.